The van der Waals surface area contributed by atoms with Crippen molar-refractivity contribution in [2.75, 3.05) is 13.1 Å². The molecule has 0 bridgehead atoms. The van der Waals surface area contributed by atoms with Gasteiger partial charge < -0.3 is 10.4 Å². The first-order chi connectivity index (χ1) is 12.0. The lowest BCUT2D eigenvalue weighted by atomic mass is 10.0. The summed E-state index contributed by atoms with van der Waals surface area (Å²) in [5, 5.41) is 12.8. The molecule has 1 heterocycles. The van der Waals surface area contributed by atoms with Crippen LogP contribution in [0.25, 0.3) is 0 Å². The van der Waals surface area contributed by atoms with E-state index in [1.165, 1.54) is 18.2 Å². The van der Waals surface area contributed by atoms with Gasteiger partial charge in [-0.3, -0.25) is 9.69 Å². The van der Waals surface area contributed by atoms with Crippen molar-refractivity contribution in [1.82, 2.24) is 10.2 Å². The lowest BCUT2D eigenvalue weighted by molar-refractivity contribution is 0.0906. The highest BCUT2D eigenvalue weighted by Crippen LogP contribution is 2.22. The SMILES string of the molecule is O=C(NC1CCN(Cc2ccc(F)cc2)CC1)c1cc(Br)ccc1O. The first kappa shape index (κ1) is 17.9. The molecular weight excluding hydrogens is 387 g/mol. The first-order valence-corrected chi connectivity index (χ1v) is 9.07. The summed E-state index contributed by atoms with van der Waals surface area (Å²) in [6.07, 6.45) is 1.70. The lowest BCUT2D eigenvalue weighted by Crippen LogP contribution is -2.44. The molecule has 0 saturated carbocycles. The smallest absolute Gasteiger partial charge is 0.255 e. The monoisotopic (exact) mass is 406 g/mol. The molecule has 0 atom stereocenters. The van der Waals surface area contributed by atoms with E-state index >= 15 is 0 Å². The fraction of sp³-hybridized carbons (Fsp3) is 0.316. The average Bonchev–Trinajstić information content (AvgIpc) is 2.60. The second kappa shape index (κ2) is 7.97. The number of piperidine rings is 1. The Morgan fingerprint density at radius 1 is 1.20 bits per heavy atom. The Labute approximate surface area is 154 Å². The van der Waals surface area contributed by atoms with Gasteiger partial charge in [-0.2, -0.15) is 0 Å². The minimum absolute atomic E-state index is 0.0190. The Morgan fingerprint density at radius 3 is 2.56 bits per heavy atom. The molecule has 132 valence electrons. The number of benzene rings is 2. The average molecular weight is 407 g/mol. The van der Waals surface area contributed by atoms with Crippen LogP contribution in [0.5, 0.6) is 5.75 Å². The van der Waals surface area contributed by atoms with Crippen LogP contribution in [0.1, 0.15) is 28.8 Å². The number of likely N-dealkylation sites (tertiary alicyclic amines) is 1. The number of hydrogen-bond acceptors (Lipinski definition) is 3. The van der Waals surface area contributed by atoms with E-state index in [2.05, 4.69) is 26.1 Å². The Morgan fingerprint density at radius 2 is 1.88 bits per heavy atom. The molecular formula is C19H20BrFN2O2. The van der Waals surface area contributed by atoms with Crippen molar-refractivity contribution in [3.63, 3.8) is 0 Å². The van der Waals surface area contributed by atoms with Crippen molar-refractivity contribution in [3.8, 4) is 5.75 Å². The summed E-state index contributed by atoms with van der Waals surface area (Å²) in [4.78, 5) is 14.6. The van der Waals surface area contributed by atoms with E-state index < -0.39 is 0 Å². The topological polar surface area (TPSA) is 52.6 Å². The van der Waals surface area contributed by atoms with Gasteiger partial charge in [0.2, 0.25) is 0 Å². The molecule has 2 aromatic rings. The van der Waals surface area contributed by atoms with Crippen molar-refractivity contribution in [1.29, 1.82) is 0 Å². The summed E-state index contributed by atoms with van der Waals surface area (Å²) in [5.41, 5.74) is 1.37. The van der Waals surface area contributed by atoms with Crippen LogP contribution in [0.2, 0.25) is 0 Å². The van der Waals surface area contributed by atoms with Crippen LogP contribution < -0.4 is 5.32 Å². The molecule has 1 saturated heterocycles. The van der Waals surface area contributed by atoms with Gasteiger partial charge in [0.15, 0.2) is 0 Å². The highest BCUT2D eigenvalue weighted by atomic mass is 79.9. The van der Waals surface area contributed by atoms with Crippen LogP contribution in [-0.2, 0) is 6.54 Å². The number of carbonyl (C=O) groups excluding carboxylic acids is 1. The van der Waals surface area contributed by atoms with Gasteiger partial charge in [-0.15, -0.1) is 0 Å². The molecule has 25 heavy (non-hydrogen) atoms. The summed E-state index contributed by atoms with van der Waals surface area (Å²) in [6.45, 7) is 2.52. The predicted octanol–water partition coefficient (Wildman–Crippen LogP) is 3.69. The van der Waals surface area contributed by atoms with Crippen LogP contribution in [0.4, 0.5) is 4.39 Å². The lowest BCUT2D eigenvalue weighted by Gasteiger charge is -2.32. The molecule has 1 fully saturated rings. The zero-order valence-corrected chi connectivity index (χ0v) is 15.3. The maximum atomic E-state index is 13.0. The molecule has 2 N–H and O–H groups in total. The molecule has 6 heteroatoms. The molecule has 0 aliphatic carbocycles. The van der Waals surface area contributed by atoms with E-state index in [1.54, 1.807) is 24.3 Å². The molecule has 2 aromatic carbocycles. The summed E-state index contributed by atoms with van der Waals surface area (Å²) >= 11 is 3.31. The summed E-state index contributed by atoms with van der Waals surface area (Å²) in [6, 6.07) is 11.5. The highest BCUT2D eigenvalue weighted by Gasteiger charge is 2.22. The van der Waals surface area contributed by atoms with E-state index in [9.17, 15) is 14.3 Å². The number of phenolic OH excluding ortho intramolecular Hbond substituents is 1. The van der Waals surface area contributed by atoms with E-state index in [1.807, 2.05) is 0 Å². The number of nitrogens with one attached hydrogen (secondary N) is 1. The van der Waals surface area contributed by atoms with Gasteiger partial charge in [-0.1, -0.05) is 28.1 Å². The van der Waals surface area contributed by atoms with Crippen LogP contribution in [0, 0.1) is 5.82 Å². The Balaban J connectivity index is 1.51. The molecule has 1 aliphatic heterocycles. The molecule has 3 rings (SSSR count). The van der Waals surface area contributed by atoms with E-state index in [0.717, 1.165) is 42.5 Å². The zero-order chi connectivity index (χ0) is 17.8. The number of carbonyl (C=O) groups is 1. The van der Waals surface area contributed by atoms with Gasteiger partial charge in [0, 0.05) is 30.1 Å². The third-order valence-electron chi connectivity index (χ3n) is 4.45. The quantitative estimate of drug-likeness (QED) is 0.813. The van der Waals surface area contributed by atoms with Crippen LogP contribution in [0.15, 0.2) is 46.9 Å². The van der Waals surface area contributed by atoms with Gasteiger partial charge in [0.1, 0.15) is 11.6 Å². The van der Waals surface area contributed by atoms with Crippen LogP contribution in [-0.4, -0.2) is 35.0 Å². The number of aromatic hydroxyl groups is 1. The number of phenols is 1. The number of nitrogens with zero attached hydrogens (tertiary/aromatic N) is 1. The number of hydrogen-bond donors (Lipinski definition) is 2. The normalized spacial score (nSPS) is 15.9. The Bertz CT molecular complexity index is 744. The minimum atomic E-state index is -0.254. The maximum absolute atomic E-state index is 13.0. The third kappa shape index (κ3) is 4.80. The maximum Gasteiger partial charge on any atom is 0.255 e. The van der Waals surface area contributed by atoms with Crippen molar-refractivity contribution >= 4 is 21.8 Å². The molecule has 1 aliphatic rings. The van der Waals surface area contributed by atoms with Gasteiger partial charge >= 0.3 is 0 Å². The largest absolute Gasteiger partial charge is 0.507 e. The van der Waals surface area contributed by atoms with Gasteiger partial charge in [0.05, 0.1) is 5.56 Å². The van der Waals surface area contributed by atoms with Crippen molar-refractivity contribution < 1.29 is 14.3 Å². The number of halogens is 2. The van der Waals surface area contributed by atoms with E-state index in [-0.39, 0.29) is 29.1 Å². The highest BCUT2D eigenvalue weighted by molar-refractivity contribution is 9.10. The first-order valence-electron chi connectivity index (χ1n) is 8.27. The fourth-order valence-corrected chi connectivity index (χ4v) is 3.40. The molecule has 0 spiro atoms. The van der Waals surface area contributed by atoms with Crippen molar-refractivity contribution in [2.24, 2.45) is 0 Å². The van der Waals surface area contributed by atoms with E-state index in [0.29, 0.717) is 0 Å². The Kier molecular flexibility index (Phi) is 5.71. The molecule has 0 radical (unpaired) electrons. The van der Waals surface area contributed by atoms with Crippen LogP contribution >= 0.6 is 15.9 Å². The molecule has 0 unspecified atom stereocenters. The van der Waals surface area contributed by atoms with Gasteiger partial charge in [0.25, 0.3) is 5.91 Å². The van der Waals surface area contributed by atoms with E-state index in [4.69, 9.17) is 0 Å². The summed E-state index contributed by atoms with van der Waals surface area (Å²) < 4.78 is 13.7. The summed E-state index contributed by atoms with van der Waals surface area (Å²) in [5.74, 6) is -0.494. The van der Waals surface area contributed by atoms with Crippen LogP contribution in [0.3, 0.4) is 0 Å². The number of rotatable bonds is 4. The van der Waals surface area contributed by atoms with Gasteiger partial charge in [-0.25, -0.2) is 4.39 Å². The molecule has 1 amide bonds. The predicted molar refractivity (Wildman–Crippen MR) is 98.0 cm³/mol. The minimum Gasteiger partial charge on any atom is -0.507 e. The second-order valence-corrected chi connectivity index (χ2v) is 7.23. The molecule has 0 aromatic heterocycles. The summed E-state index contributed by atoms with van der Waals surface area (Å²) in [7, 11) is 0. The van der Waals surface area contributed by atoms with Crippen molar-refractivity contribution in [2.45, 2.75) is 25.4 Å². The van der Waals surface area contributed by atoms with Gasteiger partial charge in [-0.05, 0) is 48.7 Å². The number of amides is 1. The Hall–Kier alpha value is -1.92. The second-order valence-electron chi connectivity index (χ2n) is 6.31. The standard InChI is InChI=1S/C19H20BrFN2O2/c20-14-3-6-18(24)17(11-14)19(25)22-16-7-9-23(10-8-16)12-13-1-4-15(21)5-2-13/h1-6,11,16,24H,7-10,12H2,(H,22,25). The molecule has 4 nitrogen and oxygen atoms in total. The van der Waals surface area contributed by atoms with Crippen molar-refractivity contribution in [3.05, 3.63) is 63.9 Å². The zero-order valence-electron chi connectivity index (χ0n) is 13.7. The third-order valence-corrected chi connectivity index (χ3v) is 4.94. The fourth-order valence-electron chi connectivity index (χ4n) is 3.04.